The van der Waals surface area contributed by atoms with Gasteiger partial charge in [0, 0.05) is 11.5 Å². The van der Waals surface area contributed by atoms with Crippen LogP contribution in [-0.4, -0.2) is 45.5 Å². The molecular formula is C14H16N2O3S. The number of nitrogens with zero attached hydrogens (tertiary/aromatic N) is 1. The molecular weight excluding hydrogens is 276 g/mol. The van der Waals surface area contributed by atoms with Crippen molar-refractivity contribution in [2.45, 2.75) is 24.5 Å². The average molecular weight is 292 g/mol. The molecule has 5 nitrogen and oxygen atoms in total. The van der Waals surface area contributed by atoms with E-state index in [1.165, 1.54) is 4.90 Å². The number of hydrogen-bond donors (Lipinski definition) is 2. The fourth-order valence-electron chi connectivity index (χ4n) is 2.97. The molecule has 2 aliphatic heterocycles. The van der Waals surface area contributed by atoms with E-state index in [0.717, 1.165) is 16.9 Å². The Bertz CT molecular complexity index is 563. The van der Waals surface area contributed by atoms with Gasteiger partial charge in [-0.3, -0.25) is 4.79 Å². The van der Waals surface area contributed by atoms with E-state index in [9.17, 15) is 14.7 Å². The number of thioether (sulfide) groups is 1. The molecule has 0 aliphatic carbocycles. The first-order valence-electron chi connectivity index (χ1n) is 6.55. The lowest BCUT2D eigenvalue weighted by Gasteiger charge is -2.40. The highest BCUT2D eigenvalue weighted by atomic mass is 32.2. The van der Waals surface area contributed by atoms with Crippen LogP contribution in [0.4, 0.5) is 0 Å². The number of carboxylic acids is 1. The van der Waals surface area contributed by atoms with Crippen LogP contribution in [0.25, 0.3) is 0 Å². The summed E-state index contributed by atoms with van der Waals surface area (Å²) in [5.74, 6) is -0.0628. The molecule has 20 heavy (non-hydrogen) atoms. The lowest BCUT2D eigenvalue weighted by molar-refractivity contribution is -0.151. The van der Waals surface area contributed by atoms with Crippen LogP contribution < -0.4 is 5.73 Å². The van der Waals surface area contributed by atoms with Gasteiger partial charge in [0.2, 0.25) is 5.91 Å². The van der Waals surface area contributed by atoms with E-state index in [1.54, 1.807) is 11.8 Å². The Morgan fingerprint density at radius 2 is 2.10 bits per heavy atom. The molecule has 106 valence electrons. The van der Waals surface area contributed by atoms with Gasteiger partial charge in [0.1, 0.15) is 6.04 Å². The van der Waals surface area contributed by atoms with Crippen LogP contribution in [0.2, 0.25) is 0 Å². The van der Waals surface area contributed by atoms with Crippen LogP contribution >= 0.6 is 11.8 Å². The summed E-state index contributed by atoms with van der Waals surface area (Å²) in [4.78, 5) is 25.4. The molecule has 0 bridgehead atoms. The maximum atomic E-state index is 12.5. The Labute approximate surface area is 121 Å². The zero-order valence-electron chi connectivity index (χ0n) is 10.9. The predicted octanol–water partition coefficient (Wildman–Crippen LogP) is 0.640. The van der Waals surface area contributed by atoms with Gasteiger partial charge in [0.25, 0.3) is 0 Å². The van der Waals surface area contributed by atoms with Crippen LogP contribution in [0.1, 0.15) is 17.2 Å². The molecule has 3 N–H and O–H groups in total. The highest BCUT2D eigenvalue weighted by Gasteiger charge is 2.43. The summed E-state index contributed by atoms with van der Waals surface area (Å²) in [7, 11) is 0. The number of nitrogens with two attached hydrogens (primary N) is 1. The van der Waals surface area contributed by atoms with Gasteiger partial charge in [-0.05, 0) is 17.5 Å². The zero-order chi connectivity index (χ0) is 14.3. The van der Waals surface area contributed by atoms with Crippen LogP contribution in [0.15, 0.2) is 24.3 Å². The second kappa shape index (κ2) is 5.10. The topological polar surface area (TPSA) is 83.6 Å². The van der Waals surface area contributed by atoms with Gasteiger partial charge in [0.05, 0.1) is 12.1 Å². The maximum Gasteiger partial charge on any atom is 0.327 e. The molecule has 3 rings (SSSR count). The van der Waals surface area contributed by atoms with Crippen molar-refractivity contribution in [2.24, 2.45) is 5.73 Å². The highest BCUT2D eigenvalue weighted by Crippen LogP contribution is 2.37. The van der Waals surface area contributed by atoms with Gasteiger partial charge in [0.15, 0.2) is 0 Å². The first-order chi connectivity index (χ1) is 9.59. The van der Waals surface area contributed by atoms with Crippen molar-refractivity contribution in [1.29, 1.82) is 0 Å². The summed E-state index contributed by atoms with van der Waals surface area (Å²) in [5.41, 5.74) is 8.05. The first kappa shape index (κ1) is 13.5. The molecule has 0 spiro atoms. The molecule has 0 radical (unpaired) electrons. The number of amides is 1. The standard InChI is InChI=1S/C14H16N2O3S/c15-10-5-8-3-1-2-4-9(8)11-6-20-7-12(14(18)19)16(11)13(10)17/h1-4,10-12H,5-7,15H2,(H,18,19)/t10?,11?,12-/m0/s1. The largest absolute Gasteiger partial charge is 0.480 e. The normalized spacial score (nSPS) is 29.4. The molecule has 1 saturated heterocycles. The van der Waals surface area contributed by atoms with Crippen molar-refractivity contribution in [2.75, 3.05) is 11.5 Å². The highest BCUT2D eigenvalue weighted by molar-refractivity contribution is 7.99. The van der Waals surface area contributed by atoms with Gasteiger partial charge in [-0.1, -0.05) is 24.3 Å². The molecule has 0 aromatic heterocycles. The number of aliphatic carboxylic acids is 1. The van der Waals surface area contributed by atoms with E-state index < -0.39 is 18.1 Å². The Kier molecular flexibility index (Phi) is 3.43. The predicted molar refractivity (Wildman–Crippen MR) is 76.5 cm³/mol. The average Bonchev–Trinajstić information content (AvgIpc) is 2.55. The minimum atomic E-state index is -0.956. The summed E-state index contributed by atoms with van der Waals surface area (Å²) >= 11 is 1.58. The SMILES string of the molecule is NC1Cc2ccccc2C2CSC[C@@H](C(=O)O)N2C1=O. The minimum absolute atomic E-state index is 0.188. The monoisotopic (exact) mass is 292 g/mol. The lowest BCUT2D eigenvalue weighted by Crippen LogP contribution is -2.55. The van der Waals surface area contributed by atoms with Crippen LogP contribution in [0, 0.1) is 0 Å². The van der Waals surface area contributed by atoms with Crippen molar-refractivity contribution in [3.05, 3.63) is 35.4 Å². The second-order valence-electron chi connectivity index (χ2n) is 5.16. The number of carbonyl (C=O) groups excluding carboxylic acids is 1. The quantitative estimate of drug-likeness (QED) is 0.793. The molecule has 1 aromatic carbocycles. The number of rotatable bonds is 1. The van der Waals surface area contributed by atoms with Gasteiger partial charge >= 0.3 is 5.97 Å². The molecule has 3 atom stereocenters. The molecule has 1 aromatic rings. The number of carboxylic acid groups (broad SMARTS) is 1. The van der Waals surface area contributed by atoms with Crippen molar-refractivity contribution >= 4 is 23.6 Å². The van der Waals surface area contributed by atoms with Crippen LogP contribution in [0.5, 0.6) is 0 Å². The van der Waals surface area contributed by atoms with E-state index in [4.69, 9.17) is 5.73 Å². The van der Waals surface area contributed by atoms with Gasteiger partial charge in [-0.15, -0.1) is 0 Å². The molecule has 2 aliphatic rings. The summed E-state index contributed by atoms with van der Waals surface area (Å²) in [5, 5.41) is 9.37. The third kappa shape index (κ3) is 2.09. The van der Waals surface area contributed by atoms with E-state index in [1.807, 2.05) is 24.3 Å². The Morgan fingerprint density at radius 3 is 2.85 bits per heavy atom. The van der Waals surface area contributed by atoms with Gasteiger partial charge < -0.3 is 15.7 Å². The molecule has 2 unspecified atom stereocenters. The molecule has 1 fully saturated rings. The Balaban J connectivity index is 2.10. The number of carbonyl (C=O) groups is 2. The van der Waals surface area contributed by atoms with E-state index >= 15 is 0 Å². The van der Waals surface area contributed by atoms with Crippen LogP contribution in [-0.2, 0) is 16.0 Å². The van der Waals surface area contributed by atoms with Crippen molar-refractivity contribution in [3.8, 4) is 0 Å². The number of fused-ring (bicyclic) bond motifs is 3. The fourth-order valence-corrected chi connectivity index (χ4v) is 4.19. The lowest BCUT2D eigenvalue weighted by atomic mass is 9.98. The van der Waals surface area contributed by atoms with Gasteiger partial charge in [-0.2, -0.15) is 11.8 Å². The summed E-state index contributed by atoms with van der Waals surface area (Å²) in [6.45, 7) is 0. The van der Waals surface area contributed by atoms with E-state index in [-0.39, 0.29) is 11.9 Å². The molecule has 6 heteroatoms. The number of hydrogen-bond acceptors (Lipinski definition) is 4. The molecule has 2 heterocycles. The van der Waals surface area contributed by atoms with Crippen molar-refractivity contribution in [3.63, 3.8) is 0 Å². The second-order valence-corrected chi connectivity index (χ2v) is 6.24. The molecule has 0 saturated carbocycles. The third-order valence-electron chi connectivity index (χ3n) is 3.93. The summed E-state index contributed by atoms with van der Waals surface area (Å²) in [6.07, 6.45) is 0.471. The Hall–Kier alpha value is -1.53. The summed E-state index contributed by atoms with van der Waals surface area (Å²) < 4.78 is 0. The summed E-state index contributed by atoms with van der Waals surface area (Å²) in [6, 6.07) is 6.16. The van der Waals surface area contributed by atoms with Crippen LogP contribution in [0.3, 0.4) is 0 Å². The third-order valence-corrected chi connectivity index (χ3v) is 5.04. The number of benzene rings is 1. The van der Waals surface area contributed by atoms with E-state index in [2.05, 4.69) is 0 Å². The van der Waals surface area contributed by atoms with Crippen molar-refractivity contribution < 1.29 is 14.7 Å². The first-order valence-corrected chi connectivity index (χ1v) is 7.71. The van der Waals surface area contributed by atoms with Gasteiger partial charge in [-0.25, -0.2) is 4.79 Å². The van der Waals surface area contributed by atoms with Crippen molar-refractivity contribution in [1.82, 2.24) is 4.90 Å². The van der Waals surface area contributed by atoms with E-state index in [0.29, 0.717) is 12.2 Å². The zero-order valence-corrected chi connectivity index (χ0v) is 11.7. The Morgan fingerprint density at radius 1 is 1.35 bits per heavy atom. The molecule has 1 amide bonds. The minimum Gasteiger partial charge on any atom is -0.480 e. The fraction of sp³-hybridized carbons (Fsp3) is 0.429. The smallest absolute Gasteiger partial charge is 0.327 e. The maximum absolute atomic E-state index is 12.5.